The number of aryl methyl sites for hydroxylation is 3. The van der Waals surface area contributed by atoms with Crippen molar-refractivity contribution in [2.45, 2.75) is 46.1 Å². The molecule has 0 aliphatic carbocycles. The van der Waals surface area contributed by atoms with Crippen LogP contribution in [0.4, 0.5) is 0 Å². The van der Waals surface area contributed by atoms with E-state index in [9.17, 15) is 9.59 Å². The molecule has 1 fully saturated rings. The number of rotatable bonds is 3. The van der Waals surface area contributed by atoms with E-state index in [1.54, 1.807) is 6.92 Å². The lowest BCUT2D eigenvalue weighted by Crippen LogP contribution is -2.45. The van der Waals surface area contributed by atoms with E-state index in [-0.39, 0.29) is 17.5 Å². The Morgan fingerprint density at radius 2 is 2.04 bits per heavy atom. The van der Waals surface area contributed by atoms with Gasteiger partial charge in [-0.25, -0.2) is 0 Å². The van der Waals surface area contributed by atoms with E-state index in [4.69, 9.17) is 0 Å². The molecule has 7 heteroatoms. The van der Waals surface area contributed by atoms with Gasteiger partial charge in [0.15, 0.2) is 5.69 Å². The minimum atomic E-state index is -0.513. The monoisotopic (exact) mass is 341 g/mol. The Morgan fingerprint density at radius 3 is 2.80 bits per heavy atom. The zero-order chi connectivity index (χ0) is 18.0. The third-order valence-electron chi connectivity index (χ3n) is 4.41. The first kappa shape index (κ1) is 17.1. The molecule has 3 rings (SSSR count). The average Bonchev–Trinajstić information content (AvgIpc) is 2.83. The molecule has 2 amide bonds. The SMILES string of the molecule is Cc1ccc(-n2nc(C)c(C(=O)N[C@H]3CCCCNC3=O)n2)c(C)c1. The van der Waals surface area contributed by atoms with Crippen LogP contribution in [0, 0.1) is 20.8 Å². The second-order valence-electron chi connectivity index (χ2n) is 6.53. The number of carbonyl (C=O) groups excluding carboxylic acids is 2. The summed E-state index contributed by atoms with van der Waals surface area (Å²) in [6.07, 6.45) is 2.47. The Bertz CT molecular complexity index is 812. The smallest absolute Gasteiger partial charge is 0.274 e. The van der Waals surface area contributed by atoms with Crippen LogP contribution in [0.25, 0.3) is 5.69 Å². The van der Waals surface area contributed by atoms with Crippen molar-refractivity contribution in [1.82, 2.24) is 25.6 Å². The van der Waals surface area contributed by atoms with Crippen molar-refractivity contribution < 1.29 is 9.59 Å². The van der Waals surface area contributed by atoms with Crippen LogP contribution in [0.2, 0.25) is 0 Å². The van der Waals surface area contributed by atoms with Gasteiger partial charge in [-0.3, -0.25) is 9.59 Å². The van der Waals surface area contributed by atoms with E-state index in [2.05, 4.69) is 20.8 Å². The number of nitrogens with one attached hydrogen (secondary N) is 2. The molecule has 1 aliphatic rings. The van der Waals surface area contributed by atoms with Crippen LogP contribution in [0.5, 0.6) is 0 Å². The molecule has 1 aromatic heterocycles. The van der Waals surface area contributed by atoms with E-state index in [1.807, 2.05) is 32.0 Å². The highest BCUT2D eigenvalue weighted by Crippen LogP contribution is 2.15. The molecule has 1 aromatic carbocycles. The number of aromatic nitrogens is 3. The van der Waals surface area contributed by atoms with Crippen molar-refractivity contribution in [2.24, 2.45) is 0 Å². The third-order valence-corrected chi connectivity index (χ3v) is 4.41. The summed E-state index contributed by atoms with van der Waals surface area (Å²) < 4.78 is 0. The number of hydrogen-bond acceptors (Lipinski definition) is 4. The summed E-state index contributed by atoms with van der Waals surface area (Å²) in [5, 5.41) is 14.3. The fourth-order valence-electron chi connectivity index (χ4n) is 3.03. The van der Waals surface area contributed by atoms with Crippen LogP contribution in [-0.2, 0) is 4.79 Å². The maximum absolute atomic E-state index is 12.6. The minimum absolute atomic E-state index is 0.134. The van der Waals surface area contributed by atoms with Gasteiger partial charge in [-0.15, -0.1) is 5.10 Å². The van der Waals surface area contributed by atoms with Gasteiger partial charge < -0.3 is 10.6 Å². The molecule has 0 bridgehead atoms. The molecule has 1 atom stereocenters. The second-order valence-corrected chi connectivity index (χ2v) is 6.53. The largest absolute Gasteiger partial charge is 0.354 e. The second kappa shape index (κ2) is 7.04. The van der Waals surface area contributed by atoms with Crippen molar-refractivity contribution in [3.05, 3.63) is 40.7 Å². The molecule has 25 heavy (non-hydrogen) atoms. The summed E-state index contributed by atoms with van der Waals surface area (Å²) in [4.78, 5) is 26.0. The number of carbonyl (C=O) groups is 2. The van der Waals surface area contributed by atoms with Gasteiger partial charge in [0.05, 0.1) is 11.4 Å². The number of amides is 2. The van der Waals surface area contributed by atoms with Gasteiger partial charge in [-0.1, -0.05) is 17.7 Å². The Kier molecular flexibility index (Phi) is 4.83. The maximum atomic E-state index is 12.6. The van der Waals surface area contributed by atoms with Crippen LogP contribution < -0.4 is 10.6 Å². The average molecular weight is 341 g/mol. The highest BCUT2D eigenvalue weighted by atomic mass is 16.2. The van der Waals surface area contributed by atoms with E-state index >= 15 is 0 Å². The van der Waals surface area contributed by atoms with Gasteiger partial charge in [-0.2, -0.15) is 9.90 Å². The molecule has 0 unspecified atom stereocenters. The molecular weight excluding hydrogens is 318 g/mol. The van der Waals surface area contributed by atoms with Crippen molar-refractivity contribution in [1.29, 1.82) is 0 Å². The van der Waals surface area contributed by atoms with Gasteiger partial charge in [0.2, 0.25) is 5.91 Å². The lowest BCUT2D eigenvalue weighted by Gasteiger charge is -2.14. The molecule has 2 heterocycles. The predicted octanol–water partition coefficient (Wildman–Crippen LogP) is 1.59. The lowest BCUT2D eigenvalue weighted by atomic mass is 10.1. The Balaban J connectivity index is 1.82. The van der Waals surface area contributed by atoms with Crippen LogP contribution in [-0.4, -0.2) is 39.4 Å². The van der Waals surface area contributed by atoms with Crippen molar-refractivity contribution in [2.75, 3.05) is 6.54 Å². The summed E-state index contributed by atoms with van der Waals surface area (Å²) >= 11 is 0. The normalized spacial score (nSPS) is 17.7. The molecule has 2 aromatic rings. The highest BCUT2D eigenvalue weighted by Gasteiger charge is 2.25. The van der Waals surface area contributed by atoms with E-state index in [0.29, 0.717) is 18.7 Å². The zero-order valence-electron chi connectivity index (χ0n) is 14.8. The quantitative estimate of drug-likeness (QED) is 0.887. The summed E-state index contributed by atoms with van der Waals surface area (Å²) in [6.45, 7) is 6.41. The number of hydrogen-bond donors (Lipinski definition) is 2. The first-order chi connectivity index (χ1) is 12.0. The van der Waals surface area contributed by atoms with E-state index < -0.39 is 6.04 Å². The standard InChI is InChI=1S/C18H23N5O2/c1-11-7-8-15(12(2)10-11)23-21-13(3)16(22-23)18(25)20-14-6-4-5-9-19-17(14)24/h7-8,10,14H,4-6,9H2,1-3H3,(H,19,24)(H,20,25)/t14-/m0/s1. The first-order valence-electron chi connectivity index (χ1n) is 8.56. The molecule has 1 aliphatic heterocycles. The molecule has 1 saturated heterocycles. The van der Waals surface area contributed by atoms with Gasteiger partial charge in [0.1, 0.15) is 6.04 Å². The summed E-state index contributed by atoms with van der Waals surface area (Å²) in [5.74, 6) is -0.499. The Hall–Kier alpha value is -2.70. The third kappa shape index (κ3) is 3.70. The van der Waals surface area contributed by atoms with Gasteiger partial charge >= 0.3 is 0 Å². The topological polar surface area (TPSA) is 88.9 Å². The summed E-state index contributed by atoms with van der Waals surface area (Å²) in [5.41, 5.74) is 3.80. The molecular formula is C18H23N5O2. The first-order valence-corrected chi connectivity index (χ1v) is 8.56. The summed E-state index contributed by atoms with van der Waals surface area (Å²) in [7, 11) is 0. The fraction of sp³-hybridized carbons (Fsp3) is 0.444. The van der Waals surface area contributed by atoms with Crippen molar-refractivity contribution in [3.8, 4) is 5.69 Å². The molecule has 132 valence electrons. The van der Waals surface area contributed by atoms with Crippen LogP contribution in [0.3, 0.4) is 0 Å². The summed E-state index contributed by atoms with van der Waals surface area (Å²) in [6, 6.07) is 5.45. The molecule has 0 saturated carbocycles. The van der Waals surface area contributed by atoms with Crippen molar-refractivity contribution >= 4 is 11.8 Å². The Labute approximate surface area is 146 Å². The number of nitrogens with zero attached hydrogens (tertiary/aromatic N) is 3. The number of benzene rings is 1. The minimum Gasteiger partial charge on any atom is -0.354 e. The Morgan fingerprint density at radius 1 is 1.24 bits per heavy atom. The molecule has 0 spiro atoms. The maximum Gasteiger partial charge on any atom is 0.274 e. The highest BCUT2D eigenvalue weighted by molar-refractivity contribution is 5.96. The van der Waals surface area contributed by atoms with E-state index in [1.165, 1.54) is 4.80 Å². The van der Waals surface area contributed by atoms with Gasteiger partial charge in [-0.05, 0) is 51.7 Å². The van der Waals surface area contributed by atoms with E-state index in [0.717, 1.165) is 29.7 Å². The zero-order valence-corrected chi connectivity index (χ0v) is 14.8. The lowest BCUT2D eigenvalue weighted by molar-refractivity contribution is -0.122. The molecule has 7 nitrogen and oxygen atoms in total. The van der Waals surface area contributed by atoms with Gasteiger partial charge in [0.25, 0.3) is 5.91 Å². The predicted molar refractivity (Wildman–Crippen MR) is 93.7 cm³/mol. The van der Waals surface area contributed by atoms with Crippen LogP contribution >= 0.6 is 0 Å². The van der Waals surface area contributed by atoms with Crippen LogP contribution in [0.1, 0.15) is 46.6 Å². The van der Waals surface area contributed by atoms with Crippen LogP contribution in [0.15, 0.2) is 18.2 Å². The fourth-order valence-corrected chi connectivity index (χ4v) is 3.03. The molecule has 0 radical (unpaired) electrons. The molecule has 2 N–H and O–H groups in total. The van der Waals surface area contributed by atoms with Crippen molar-refractivity contribution in [3.63, 3.8) is 0 Å². The van der Waals surface area contributed by atoms with Gasteiger partial charge in [0, 0.05) is 6.54 Å².